The minimum Gasteiger partial charge on any atom is -0.222 e. The topological polar surface area (TPSA) is 43.6 Å². The van der Waals surface area contributed by atoms with Crippen LogP contribution in [0.4, 0.5) is 17.6 Å². The van der Waals surface area contributed by atoms with E-state index in [2.05, 4.69) is 15.5 Å². The summed E-state index contributed by atoms with van der Waals surface area (Å²) in [5, 5.41) is 8.87. The van der Waals surface area contributed by atoms with Gasteiger partial charge in [-0.05, 0) is 17.4 Å². The fourth-order valence-corrected chi connectivity index (χ4v) is 1.03. The maximum Gasteiger partial charge on any atom is 0.326 e. The summed E-state index contributed by atoms with van der Waals surface area (Å²) in [7, 11) is 0. The summed E-state index contributed by atoms with van der Waals surface area (Å²) in [4.78, 5) is 0. The summed E-state index contributed by atoms with van der Waals surface area (Å²) in [6, 6.07) is 0. The van der Waals surface area contributed by atoms with Crippen molar-refractivity contribution >= 4 is 11.6 Å². The molecule has 1 heterocycles. The molecule has 0 N–H and O–H groups in total. The summed E-state index contributed by atoms with van der Waals surface area (Å²) >= 11 is 5.56. The van der Waals surface area contributed by atoms with Crippen LogP contribution in [0.15, 0.2) is 0 Å². The second-order valence-electron chi connectivity index (χ2n) is 2.87. The molecule has 0 saturated heterocycles. The number of hydrogen-bond acceptors (Lipinski definition) is 3. The quantitative estimate of drug-likeness (QED) is 0.602. The maximum atomic E-state index is 12.6. The van der Waals surface area contributed by atoms with Gasteiger partial charge in [0.15, 0.2) is 5.82 Å². The molecular formula is C6H7ClF4N4. The molecule has 9 heteroatoms. The average molecular weight is 247 g/mol. The summed E-state index contributed by atoms with van der Waals surface area (Å²) in [5.74, 6) is -4.24. The van der Waals surface area contributed by atoms with Crippen LogP contribution in [-0.4, -0.2) is 32.6 Å². The fourth-order valence-electron chi connectivity index (χ4n) is 0.878. The minimum absolute atomic E-state index is 0.0722. The lowest BCUT2D eigenvalue weighted by molar-refractivity contribution is -0.139. The molecule has 86 valence electrons. The largest absolute Gasteiger partial charge is 0.326 e. The molecule has 1 atom stereocenters. The highest BCUT2D eigenvalue weighted by Gasteiger charge is 2.42. The van der Waals surface area contributed by atoms with Crippen LogP contribution in [0.1, 0.15) is 18.1 Å². The molecule has 0 aromatic carbocycles. The van der Waals surface area contributed by atoms with Crippen molar-refractivity contribution < 1.29 is 17.6 Å². The molecule has 0 saturated carbocycles. The van der Waals surface area contributed by atoms with Crippen molar-refractivity contribution in [3.63, 3.8) is 0 Å². The zero-order chi connectivity index (χ0) is 11.6. The Morgan fingerprint density at radius 1 is 1.47 bits per heavy atom. The normalized spacial score (nSPS) is 14.6. The monoisotopic (exact) mass is 246 g/mol. The molecule has 0 aliphatic carbocycles. The number of rotatable bonds is 4. The first-order chi connectivity index (χ1) is 6.84. The van der Waals surface area contributed by atoms with Crippen LogP contribution in [0.25, 0.3) is 0 Å². The highest BCUT2D eigenvalue weighted by atomic mass is 35.5. The maximum absolute atomic E-state index is 12.6. The third-order valence-corrected chi connectivity index (χ3v) is 1.79. The SMILES string of the molecule is CC(Cl)c1nnnn1CC(F)(F)C(F)F. The highest BCUT2D eigenvalue weighted by molar-refractivity contribution is 6.20. The summed E-state index contributed by atoms with van der Waals surface area (Å²) < 4.78 is 49.6. The second-order valence-corrected chi connectivity index (χ2v) is 3.53. The molecule has 1 aromatic heterocycles. The molecule has 0 amide bonds. The molecule has 1 unspecified atom stereocenters. The molecule has 0 aliphatic rings. The summed E-state index contributed by atoms with van der Waals surface area (Å²) in [6.45, 7) is 0.161. The molecule has 4 nitrogen and oxygen atoms in total. The van der Waals surface area contributed by atoms with E-state index in [-0.39, 0.29) is 5.82 Å². The van der Waals surface area contributed by atoms with Crippen molar-refractivity contribution in [3.8, 4) is 0 Å². The van der Waals surface area contributed by atoms with E-state index in [4.69, 9.17) is 11.6 Å². The molecule has 0 fully saturated rings. The molecule has 15 heavy (non-hydrogen) atoms. The van der Waals surface area contributed by atoms with Crippen molar-refractivity contribution in [1.29, 1.82) is 0 Å². The predicted octanol–water partition coefficient (Wildman–Crippen LogP) is 1.87. The zero-order valence-electron chi connectivity index (χ0n) is 7.54. The number of aromatic nitrogens is 4. The third-order valence-electron chi connectivity index (χ3n) is 1.60. The van der Waals surface area contributed by atoms with Crippen molar-refractivity contribution in [1.82, 2.24) is 20.2 Å². The van der Waals surface area contributed by atoms with E-state index < -0.39 is 24.3 Å². The fraction of sp³-hybridized carbons (Fsp3) is 0.833. The lowest BCUT2D eigenvalue weighted by Gasteiger charge is -2.15. The van der Waals surface area contributed by atoms with Crippen LogP contribution >= 0.6 is 11.6 Å². The van der Waals surface area contributed by atoms with Gasteiger partial charge < -0.3 is 0 Å². The highest BCUT2D eigenvalue weighted by Crippen LogP contribution is 2.26. The summed E-state index contributed by atoms with van der Waals surface area (Å²) in [6.07, 6.45) is -3.76. The smallest absolute Gasteiger partial charge is 0.222 e. The van der Waals surface area contributed by atoms with Gasteiger partial charge in [0, 0.05) is 0 Å². The van der Waals surface area contributed by atoms with E-state index in [1.54, 1.807) is 0 Å². The Morgan fingerprint density at radius 2 is 2.07 bits per heavy atom. The lowest BCUT2D eigenvalue weighted by Crippen LogP contribution is -2.33. The summed E-state index contributed by atoms with van der Waals surface area (Å²) in [5.41, 5.74) is 0. The molecule has 0 aliphatic heterocycles. The van der Waals surface area contributed by atoms with Gasteiger partial charge in [0.2, 0.25) is 0 Å². The van der Waals surface area contributed by atoms with Gasteiger partial charge in [-0.25, -0.2) is 13.5 Å². The second kappa shape index (κ2) is 4.30. The van der Waals surface area contributed by atoms with Crippen LogP contribution in [-0.2, 0) is 6.54 Å². The van der Waals surface area contributed by atoms with Crippen LogP contribution in [0.2, 0.25) is 0 Å². The van der Waals surface area contributed by atoms with E-state index in [0.717, 1.165) is 0 Å². The van der Waals surface area contributed by atoms with Gasteiger partial charge in [0.1, 0.15) is 6.54 Å². The van der Waals surface area contributed by atoms with Gasteiger partial charge in [-0.2, -0.15) is 8.78 Å². The first-order valence-electron chi connectivity index (χ1n) is 3.90. The van der Waals surface area contributed by atoms with E-state index in [1.807, 2.05) is 0 Å². The number of alkyl halides is 5. The van der Waals surface area contributed by atoms with Gasteiger partial charge >= 0.3 is 12.3 Å². The number of nitrogens with zero attached hydrogens (tertiary/aromatic N) is 4. The van der Waals surface area contributed by atoms with Crippen LogP contribution in [0.5, 0.6) is 0 Å². The lowest BCUT2D eigenvalue weighted by atomic mass is 10.3. The van der Waals surface area contributed by atoms with Crippen molar-refractivity contribution in [2.45, 2.75) is 31.2 Å². The molecule has 0 bridgehead atoms. The first-order valence-corrected chi connectivity index (χ1v) is 4.34. The molecule has 0 spiro atoms. The number of hydrogen-bond donors (Lipinski definition) is 0. The van der Waals surface area contributed by atoms with E-state index in [0.29, 0.717) is 4.68 Å². The Morgan fingerprint density at radius 3 is 2.53 bits per heavy atom. The Balaban J connectivity index is 2.85. The standard InChI is InChI=1S/C6H7ClF4N4/c1-3(7)4-12-13-14-15(4)2-6(10,11)5(8)9/h3,5H,2H2,1H3. The van der Waals surface area contributed by atoms with Crippen molar-refractivity contribution in [3.05, 3.63) is 5.82 Å². The van der Waals surface area contributed by atoms with Crippen LogP contribution in [0, 0.1) is 0 Å². The first kappa shape index (κ1) is 12.2. The Bertz CT molecular complexity index is 327. The number of halogens is 5. The Labute approximate surface area is 87.2 Å². The number of tetrazole rings is 1. The van der Waals surface area contributed by atoms with Gasteiger partial charge in [0.25, 0.3) is 0 Å². The van der Waals surface area contributed by atoms with E-state index in [9.17, 15) is 17.6 Å². The van der Waals surface area contributed by atoms with Crippen LogP contribution < -0.4 is 0 Å². The van der Waals surface area contributed by atoms with Crippen LogP contribution in [0.3, 0.4) is 0 Å². The average Bonchev–Trinajstić information content (AvgIpc) is 2.51. The van der Waals surface area contributed by atoms with Gasteiger partial charge in [-0.3, -0.25) is 0 Å². The van der Waals surface area contributed by atoms with Crippen molar-refractivity contribution in [2.75, 3.05) is 0 Å². The molecule has 0 radical (unpaired) electrons. The van der Waals surface area contributed by atoms with Gasteiger partial charge in [0.05, 0.1) is 5.38 Å². The van der Waals surface area contributed by atoms with Gasteiger partial charge in [-0.15, -0.1) is 16.7 Å². The third kappa shape index (κ3) is 2.77. The predicted molar refractivity (Wildman–Crippen MR) is 43.0 cm³/mol. The molecular weight excluding hydrogens is 240 g/mol. The Hall–Kier alpha value is -0.920. The molecule has 1 aromatic rings. The zero-order valence-corrected chi connectivity index (χ0v) is 8.30. The minimum atomic E-state index is -4.17. The molecule has 1 rings (SSSR count). The van der Waals surface area contributed by atoms with Crippen molar-refractivity contribution in [2.24, 2.45) is 0 Å². The van der Waals surface area contributed by atoms with E-state index >= 15 is 0 Å². The Kier molecular flexibility index (Phi) is 3.48. The van der Waals surface area contributed by atoms with Gasteiger partial charge in [-0.1, -0.05) is 0 Å². The van der Waals surface area contributed by atoms with E-state index in [1.165, 1.54) is 6.92 Å².